The van der Waals surface area contributed by atoms with Gasteiger partial charge in [0.25, 0.3) is 0 Å². The Morgan fingerprint density at radius 1 is 1.00 bits per heavy atom. The Balaban J connectivity index is 2.26. The van der Waals surface area contributed by atoms with Crippen molar-refractivity contribution in [2.75, 3.05) is 7.11 Å². The van der Waals surface area contributed by atoms with Gasteiger partial charge in [0.05, 0.1) is 16.1 Å². The summed E-state index contributed by atoms with van der Waals surface area (Å²) in [7, 11) is 1.63. The van der Waals surface area contributed by atoms with Gasteiger partial charge >= 0.3 is 0 Å². The van der Waals surface area contributed by atoms with E-state index in [4.69, 9.17) is 15.2 Å². The molecular formula is C15H15Br2NO2. The van der Waals surface area contributed by atoms with Gasteiger partial charge in [-0.25, -0.2) is 0 Å². The summed E-state index contributed by atoms with van der Waals surface area (Å²) < 4.78 is 12.7. The number of hydrogen-bond acceptors (Lipinski definition) is 3. The van der Waals surface area contributed by atoms with Crippen molar-refractivity contribution >= 4 is 31.9 Å². The van der Waals surface area contributed by atoms with Gasteiger partial charge in [0.1, 0.15) is 17.2 Å². The number of rotatable bonds is 4. The van der Waals surface area contributed by atoms with E-state index in [1.165, 1.54) is 0 Å². The van der Waals surface area contributed by atoms with Crippen LogP contribution in [0, 0.1) is 0 Å². The molecule has 0 aliphatic carbocycles. The highest BCUT2D eigenvalue weighted by atomic mass is 79.9. The summed E-state index contributed by atoms with van der Waals surface area (Å²) >= 11 is 6.97. The maximum Gasteiger partial charge on any atom is 0.141 e. The largest absolute Gasteiger partial charge is 0.497 e. The van der Waals surface area contributed by atoms with Crippen LogP contribution in [-0.2, 0) is 0 Å². The van der Waals surface area contributed by atoms with Gasteiger partial charge in [-0.2, -0.15) is 0 Å². The van der Waals surface area contributed by atoms with Gasteiger partial charge in [-0.05, 0) is 74.7 Å². The first kappa shape index (κ1) is 15.4. The zero-order valence-corrected chi connectivity index (χ0v) is 14.4. The summed E-state index contributed by atoms with van der Waals surface area (Å²) in [6.45, 7) is 1.95. The lowest BCUT2D eigenvalue weighted by Crippen LogP contribution is -2.04. The zero-order valence-electron chi connectivity index (χ0n) is 11.2. The standard InChI is InChI=1S/C15H15Br2NO2/c1-9(18)10-3-5-14(12(16)7-10)20-15-6-4-11(19-2)8-13(15)17/h3-9H,18H2,1-2H3/t9-/m1/s1. The second-order valence-corrected chi connectivity index (χ2v) is 6.09. The van der Waals surface area contributed by atoms with E-state index in [-0.39, 0.29) is 6.04 Å². The van der Waals surface area contributed by atoms with E-state index >= 15 is 0 Å². The van der Waals surface area contributed by atoms with Gasteiger partial charge in [0, 0.05) is 6.04 Å². The van der Waals surface area contributed by atoms with Crippen LogP contribution in [0.15, 0.2) is 45.3 Å². The molecule has 0 saturated heterocycles. The first-order chi connectivity index (χ1) is 9.51. The number of benzene rings is 2. The summed E-state index contributed by atoms with van der Waals surface area (Å²) in [5.74, 6) is 2.23. The lowest BCUT2D eigenvalue weighted by molar-refractivity contribution is 0.412. The molecule has 0 saturated carbocycles. The topological polar surface area (TPSA) is 44.5 Å². The third-order valence-corrected chi connectivity index (χ3v) is 4.08. The third-order valence-electron chi connectivity index (χ3n) is 2.84. The predicted molar refractivity (Wildman–Crippen MR) is 87.5 cm³/mol. The van der Waals surface area contributed by atoms with Crippen molar-refractivity contribution in [2.24, 2.45) is 5.73 Å². The van der Waals surface area contributed by atoms with Crippen LogP contribution in [0.1, 0.15) is 18.5 Å². The third kappa shape index (κ3) is 3.53. The molecule has 1 atom stereocenters. The molecule has 2 aromatic rings. The normalized spacial score (nSPS) is 12.1. The monoisotopic (exact) mass is 399 g/mol. The number of methoxy groups -OCH3 is 1. The highest BCUT2D eigenvalue weighted by Gasteiger charge is 2.09. The summed E-state index contributed by atoms with van der Waals surface area (Å²) in [5, 5.41) is 0. The molecule has 0 radical (unpaired) electrons. The molecule has 20 heavy (non-hydrogen) atoms. The van der Waals surface area contributed by atoms with Crippen molar-refractivity contribution in [3.63, 3.8) is 0 Å². The van der Waals surface area contributed by atoms with Gasteiger partial charge in [-0.1, -0.05) is 6.07 Å². The Morgan fingerprint density at radius 2 is 1.60 bits per heavy atom. The van der Waals surface area contributed by atoms with E-state index in [0.717, 1.165) is 31.8 Å². The molecule has 0 fully saturated rings. The number of halogens is 2. The highest BCUT2D eigenvalue weighted by molar-refractivity contribution is 9.11. The van der Waals surface area contributed by atoms with Crippen LogP contribution >= 0.6 is 31.9 Å². The second kappa shape index (κ2) is 6.61. The van der Waals surface area contributed by atoms with Crippen molar-refractivity contribution in [3.05, 3.63) is 50.9 Å². The van der Waals surface area contributed by atoms with Gasteiger partial charge < -0.3 is 15.2 Å². The van der Waals surface area contributed by atoms with Crippen molar-refractivity contribution in [2.45, 2.75) is 13.0 Å². The van der Waals surface area contributed by atoms with Crippen molar-refractivity contribution in [1.29, 1.82) is 0 Å². The van der Waals surface area contributed by atoms with Crippen molar-refractivity contribution in [1.82, 2.24) is 0 Å². The Labute approximate surface area is 135 Å². The fourth-order valence-electron chi connectivity index (χ4n) is 1.69. The van der Waals surface area contributed by atoms with Crippen LogP contribution in [-0.4, -0.2) is 7.11 Å². The van der Waals surface area contributed by atoms with Crippen molar-refractivity contribution in [3.8, 4) is 17.2 Å². The molecule has 0 heterocycles. The van der Waals surface area contributed by atoms with E-state index in [2.05, 4.69) is 31.9 Å². The fraction of sp³-hybridized carbons (Fsp3) is 0.200. The van der Waals surface area contributed by atoms with Crippen LogP contribution in [0.2, 0.25) is 0 Å². The Kier molecular flexibility index (Phi) is 5.07. The molecule has 2 rings (SSSR count). The minimum atomic E-state index is -0.00641. The van der Waals surface area contributed by atoms with Crippen LogP contribution in [0.5, 0.6) is 17.2 Å². The first-order valence-corrected chi connectivity index (χ1v) is 7.66. The molecular weight excluding hydrogens is 386 g/mol. The molecule has 2 aromatic carbocycles. The second-order valence-electron chi connectivity index (χ2n) is 4.38. The first-order valence-electron chi connectivity index (χ1n) is 6.07. The van der Waals surface area contributed by atoms with Crippen LogP contribution in [0.4, 0.5) is 0 Å². The summed E-state index contributed by atoms with van der Waals surface area (Å²) in [5.41, 5.74) is 6.91. The lowest BCUT2D eigenvalue weighted by atomic mass is 10.1. The molecule has 0 amide bonds. The van der Waals surface area contributed by atoms with E-state index in [1.807, 2.05) is 43.3 Å². The molecule has 0 bridgehead atoms. The molecule has 0 aliphatic rings. The van der Waals surface area contributed by atoms with Gasteiger partial charge in [-0.3, -0.25) is 0 Å². The van der Waals surface area contributed by atoms with Crippen LogP contribution in [0.25, 0.3) is 0 Å². The number of ether oxygens (including phenoxy) is 2. The van der Waals surface area contributed by atoms with E-state index in [0.29, 0.717) is 0 Å². The van der Waals surface area contributed by atoms with Gasteiger partial charge in [0.2, 0.25) is 0 Å². The minimum absolute atomic E-state index is 0.00641. The molecule has 5 heteroatoms. The van der Waals surface area contributed by atoms with E-state index in [1.54, 1.807) is 7.11 Å². The summed E-state index contributed by atoms with van der Waals surface area (Å²) in [6, 6.07) is 11.4. The van der Waals surface area contributed by atoms with Crippen LogP contribution < -0.4 is 15.2 Å². The van der Waals surface area contributed by atoms with Crippen LogP contribution in [0.3, 0.4) is 0 Å². The zero-order chi connectivity index (χ0) is 14.7. The molecule has 106 valence electrons. The molecule has 0 aromatic heterocycles. The average molecular weight is 401 g/mol. The average Bonchev–Trinajstić information content (AvgIpc) is 2.42. The quantitative estimate of drug-likeness (QED) is 0.782. The van der Waals surface area contributed by atoms with Gasteiger partial charge in [-0.15, -0.1) is 0 Å². The smallest absolute Gasteiger partial charge is 0.141 e. The fourth-order valence-corrected chi connectivity index (χ4v) is 2.61. The van der Waals surface area contributed by atoms with Crippen molar-refractivity contribution < 1.29 is 9.47 Å². The minimum Gasteiger partial charge on any atom is -0.497 e. The molecule has 0 spiro atoms. The van der Waals surface area contributed by atoms with E-state index in [9.17, 15) is 0 Å². The Morgan fingerprint density at radius 3 is 2.10 bits per heavy atom. The van der Waals surface area contributed by atoms with E-state index < -0.39 is 0 Å². The maximum absolute atomic E-state index is 5.88. The highest BCUT2D eigenvalue weighted by Crippen LogP contribution is 2.36. The number of nitrogens with two attached hydrogens (primary N) is 1. The molecule has 2 N–H and O–H groups in total. The maximum atomic E-state index is 5.88. The predicted octanol–water partition coefficient (Wildman–Crippen LogP) is 5.03. The summed E-state index contributed by atoms with van der Waals surface area (Å²) in [6.07, 6.45) is 0. The lowest BCUT2D eigenvalue weighted by Gasteiger charge is -2.12. The molecule has 0 aliphatic heterocycles. The van der Waals surface area contributed by atoms with Gasteiger partial charge in [0.15, 0.2) is 0 Å². The summed E-state index contributed by atoms with van der Waals surface area (Å²) in [4.78, 5) is 0. The number of hydrogen-bond donors (Lipinski definition) is 1. The SMILES string of the molecule is COc1ccc(Oc2ccc([C@@H](C)N)cc2Br)c(Br)c1. The molecule has 0 unspecified atom stereocenters. The Hall–Kier alpha value is -1.04. The molecule has 3 nitrogen and oxygen atoms in total. The Bertz CT molecular complexity index is 615.